The highest BCUT2D eigenvalue weighted by atomic mass is 16.5. The molecule has 1 aliphatic heterocycles. The summed E-state index contributed by atoms with van der Waals surface area (Å²) >= 11 is 0. The number of likely N-dealkylation sites (N-methyl/N-ethyl adjacent to an activating group) is 1. The molecular weight excluding hydrogens is 310 g/mol. The highest BCUT2D eigenvalue weighted by Crippen LogP contribution is 2.29. The zero-order chi connectivity index (χ0) is 17.9. The maximum absolute atomic E-state index is 12.8. The number of urea groups is 1. The second kappa shape index (κ2) is 6.90. The molecule has 0 bridgehead atoms. The van der Waals surface area contributed by atoms with Crippen molar-refractivity contribution in [1.29, 1.82) is 0 Å². The number of nitrogens with one attached hydrogen (secondary N) is 1. The van der Waals surface area contributed by atoms with E-state index in [1.807, 2.05) is 13.8 Å². The lowest BCUT2D eigenvalue weighted by Crippen LogP contribution is -2.44. The van der Waals surface area contributed by atoms with Crippen LogP contribution in [0.5, 0.6) is 5.75 Å². The van der Waals surface area contributed by atoms with Crippen molar-refractivity contribution in [2.45, 2.75) is 26.3 Å². The van der Waals surface area contributed by atoms with Gasteiger partial charge in [-0.2, -0.15) is 0 Å². The quantitative estimate of drug-likeness (QED) is 0.797. The summed E-state index contributed by atoms with van der Waals surface area (Å²) in [5.41, 5.74) is -0.549. The first kappa shape index (κ1) is 17.8. The van der Waals surface area contributed by atoms with E-state index in [2.05, 4.69) is 5.32 Å². The van der Waals surface area contributed by atoms with Crippen molar-refractivity contribution in [3.8, 4) is 5.75 Å². The Morgan fingerprint density at radius 1 is 1.21 bits per heavy atom. The maximum atomic E-state index is 12.8. The molecule has 0 saturated carbocycles. The van der Waals surface area contributed by atoms with Crippen LogP contribution in [0.2, 0.25) is 0 Å². The third-order valence-corrected chi connectivity index (χ3v) is 4.35. The SMILES string of the molecule is CCN(CC)C(=O)CN1C(=O)NC(C)(c2ccc(OC)cc2)C1=O. The number of methoxy groups -OCH3 is 1. The Morgan fingerprint density at radius 3 is 2.29 bits per heavy atom. The molecule has 1 aromatic rings. The summed E-state index contributed by atoms with van der Waals surface area (Å²) in [6.45, 7) is 6.17. The second-order valence-electron chi connectivity index (χ2n) is 5.74. The van der Waals surface area contributed by atoms with Crippen LogP contribution in [-0.2, 0) is 15.1 Å². The van der Waals surface area contributed by atoms with Crippen molar-refractivity contribution in [3.05, 3.63) is 29.8 Å². The molecule has 1 fully saturated rings. The van der Waals surface area contributed by atoms with Crippen LogP contribution < -0.4 is 10.1 Å². The molecule has 24 heavy (non-hydrogen) atoms. The van der Waals surface area contributed by atoms with Crippen LogP contribution in [0.3, 0.4) is 0 Å². The zero-order valence-corrected chi connectivity index (χ0v) is 14.5. The number of hydrogen-bond donors (Lipinski definition) is 1. The van der Waals surface area contributed by atoms with Gasteiger partial charge in [-0.1, -0.05) is 12.1 Å². The topological polar surface area (TPSA) is 79.0 Å². The Labute approximate surface area is 141 Å². The maximum Gasteiger partial charge on any atom is 0.325 e. The fourth-order valence-corrected chi connectivity index (χ4v) is 2.77. The molecule has 1 heterocycles. The number of carbonyl (C=O) groups is 3. The summed E-state index contributed by atoms with van der Waals surface area (Å²) < 4.78 is 5.10. The predicted molar refractivity (Wildman–Crippen MR) is 88.5 cm³/mol. The highest BCUT2D eigenvalue weighted by molar-refractivity contribution is 6.09. The Morgan fingerprint density at radius 2 is 1.79 bits per heavy atom. The van der Waals surface area contributed by atoms with Gasteiger partial charge in [-0.15, -0.1) is 0 Å². The van der Waals surface area contributed by atoms with Gasteiger partial charge in [-0.25, -0.2) is 4.79 Å². The molecule has 0 spiro atoms. The van der Waals surface area contributed by atoms with E-state index in [0.29, 0.717) is 24.4 Å². The number of amides is 4. The van der Waals surface area contributed by atoms with Crippen LogP contribution >= 0.6 is 0 Å². The molecule has 4 amide bonds. The van der Waals surface area contributed by atoms with Gasteiger partial charge in [0.2, 0.25) is 5.91 Å². The molecule has 1 unspecified atom stereocenters. The summed E-state index contributed by atoms with van der Waals surface area (Å²) in [4.78, 5) is 39.8. The van der Waals surface area contributed by atoms with E-state index < -0.39 is 17.5 Å². The standard InChI is InChI=1S/C17H23N3O4/c1-5-19(6-2)14(21)11-20-15(22)17(3,18-16(20)23)12-7-9-13(24-4)10-8-12/h7-10H,5-6,11H2,1-4H3,(H,18,23). The third kappa shape index (κ3) is 3.06. The summed E-state index contributed by atoms with van der Waals surface area (Å²) in [6, 6.07) is 6.35. The zero-order valence-electron chi connectivity index (χ0n) is 14.5. The molecule has 0 aromatic heterocycles. The van der Waals surface area contributed by atoms with Crippen LogP contribution in [0.4, 0.5) is 4.79 Å². The van der Waals surface area contributed by atoms with E-state index in [4.69, 9.17) is 4.74 Å². The molecule has 1 N–H and O–H groups in total. The fraction of sp³-hybridized carbons (Fsp3) is 0.471. The van der Waals surface area contributed by atoms with Crippen LogP contribution in [0, 0.1) is 0 Å². The molecule has 0 radical (unpaired) electrons. The van der Waals surface area contributed by atoms with E-state index >= 15 is 0 Å². The normalized spacial score (nSPS) is 20.1. The fourth-order valence-electron chi connectivity index (χ4n) is 2.77. The minimum atomic E-state index is -1.19. The smallest absolute Gasteiger partial charge is 0.325 e. The lowest BCUT2D eigenvalue weighted by molar-refractivity contribution is -0.138. The Hall–Kier alpha value is -2.57. The average Bonchev–Trinajstić information content (AvgIpc) is 2.80. The second-order valence-corrected chi connectivity index (χ2v) is 5.74. The van der Waals surface area contributed by atoms with Crippen LogP contribution in [0.15, 0.2) is 24.3 Å². The lowest BCUT2D eigenvalue weighted by atomic mass is 9.92. The molecular formula is C17H23N3O4. The van der Waals surface area contributed by atoms with Crippen LogP contribution in [-0.4, -0.2) is 54.4 Å². The van der Waals surface area contributed by atoms with Gasteiger partial charge < -0.3 is 15.0 Å². The molecule has 1 saturated heterocycles. The summed E-state index contributed by atoms with van der Waals surface area (Å²) in [5.74, 6) is -0.0201. The van der Waals surface area contributed by atoms with E-state index in [-0.39, 0.29) is 12.5 Å². The van der Waals surface area contributed by atoms with Gasteiger partial charge in [0, 0.05) is 13.1 Å². The number of carbonyl (C=O) groups excluding carboxylic acids is 3. The molecule has 1 aromatic carbocycles. The molecule has 7 heteroatoms. The molecule has 1 aliphatic rings. The van der Waals surface area contributed by atoms with Gasteiger partial charge in [0.15, 0.2) is 0 Å². The Balaban J connectivity index is 2.22. The summed E-state index contributed by atoms with van der Waals surface area (Å²) in [6.07, 6.45) is 0. The third-order valence-electron chi connectivity index (χ3n) is 4.35. The van der Waals surface area contributed by atoms with Gasteiger partial charge in [0.05, 0.1) is 7.11 Å². The van der Waals surface area contributed by atoms with Gasteiger partial charge in [-0.3, -0.25) is 14.5 Å². The van der Waals surface area contributed by atoms with Gasteiger partial charge >= 0.3 is 6.03 Å². The minimum Gasteiger partial charge on any atom is -0.497 e. The summed E-state index contributed by atoms with van der Waals surface area (Å²) in [7, 11) is 1.56. The number of rotatable bonds is 6. The number of hydrogen-bond acceptors (Lipinski definition) is 4. The van der Waals surface area contributed by atoms with Gasteiger partial charge in [0.25, 0.3) is 5.91 Å². The summed E-state index contributed by atoms with van der Waals surface area (Å²) in [5, 5.41) is 2.69. The van der Waals surface area contributed by atoms with E-state index in [9.17, 15) is 14.4 Å². The monoisotopic (exact) mass is 333 g/mol. The van der Waals surface area contributed by atoms with Gasteiger partial charge in [0.1, 0.15) is 17.8 Å². The van der Waals surface area contributed by atoms with Crippen molar-refractivity contribution >= 4 is 17.8 Å². The first-order valence-electron chi connectivity index (χ1n) is 7.93. The Bertz CT molecular complexity index is 640. The van der Waals surface area contributed by atoms with Crippen LogP contribution in [0.25, 0.3) is 0 Å². The van der Waals surface area contributed by atoms with Crippen molar-refractivity contribution < 1.29 is 19.1 Å². The van der Waals surface area contributed by atoms with E-state index in [1.165, 1.54) is 0 Å². The predicted octanol–water partition coefficient (Wildman–Crippen LogP) is 1.33. The molecule has 0 aliphatic carbocycles. The van der Waals surface area contributed by atoms with Crippen molar-refractivity contribution in [2.75, 3.05) is 26.7 Å². The molecule has 7 nitrogen and oxygen atoms in total. The first-order valence-corrected chi connectivity index (χ1v) is 7.93. The van der Waals surface area contributed by atoms with Crippen molar-refractivity contribution in [1.82, 2.24) is 15.1 Å². The molecule has 2 rings (SSSR count). The number of imide groups is 1. The lowest BCUT2D eigenvalue weighted by Gasteiger charge is -2.24. The van der Waals surface area contributed by atoms with Gasteiger partial charge in [-0.05, 0) is 38.5 Å². The van der Waals surface area contributed by atoms with Crippen LogP contribution in [0.1, 0.15) is 26.3 Å². The largest absolute Gasteiger partial charge is 0.497 e. The Kier molecular flexibility index (Phi) is 5.11. The minimum absolute atomic E-state index is 0.248. The highest BCUT2D eigenvalue weighted by Gasteiger charge is 2.49. The molecule has 1 atom stereocenters. The van der Waals surface area contributed by atoms with E-state index in [0.717, 1.165) is 4.90 Å². The van der Waals surface area contributed by atoms with E-state index in [1.54, 1.807) is 43.2 Å². The average molecular weight is 333 g/mol. The first-order chi connectivity index (χ1) is 11.4. The van der Waals surface area contributed by atoms with Crippen molar-refractivity contribution in [2.24, 2.45) is 0 Å². The molecule has 130 valence electrons. The number of nitrogens with zero attached hydrogens (tertiary/aromatic N) is 2. The number of benzene rings is 1. The van der Waals surface area contributed by atoms with Crippen molar-refractivity contribution in [3.63, 3.8) is 0 Å². The number of ether oxygens (including phenoxy) is 1.